The van der Waals surface area contributed by atoms with E-state index in [0.717, 1.165) is 18.0 Å². The summed E-state index contributed by atoms with van der Waals surface area (Å²) < 4.78 is 52.2. The molecule has 0 unspecified atom stereocenters. The molecule has 2 aromatic rings. The van der Waals surface area contributed by atoms with Gasteiger partial charge in [0.1, 0.15) is 11.5 Å². The van der Waals surface area contributed by atoms with Crippen LogP contribution in [0.5, 0.6) is 0 Å². The van der Waals surface area contributed by atoms with Crippen molar-refractivity contribution in [3.8, 4) is 11.5 Å². The van der Waals surface area contributed by atoms with E-state index < -0.39 is 27.5 Å². The van der Waals surface area contributed by atoms with E-state index in [0.29, 0.717) is 18.7 Å². The van der Waals surface area contributed by atoms with Crippen molar-refractivity contribution in [2.75, 3.05) is 23.5 Å². The van der Waals surface area contributed by atoms with E-state index in [9.17, 15) is 17.2 Å². The Balaban J connectivity index is 2.04. The molecule has 0 N–H and O–H groups in total. The molecule has 1 aliphatic rings. The van der Waals surface area contributed by atoms with Crippen LogP contribution in [0.25, 0.3) is 11.5 Å². The summed E-state index contributed by atoms with van der Waals surface area (Å²) in [6, 6.07) is 0.320. The van der Waals surface area contributed by atoms with Gasteiger partial charge >= 0.3 is 0 Å². The summed E-state index contributed by atoms with van der Waals surface area (Å²) in [5.74, 6) is -0.203. The van der Waals surface area contributed by atoms with Crippen LogP contribution in [0.2, 0.25) is 0 Å². The van der Waals surface area contributed by atoms with Gasteiger partial charge in [-0.05, 0) is 12.7 Å². The molecule has 0 aliphatic carbocycles. The summed E-state index contributed by atoms with van der Waals surface area (Å²) in [6.45, 7) is 0. The quantitative estimate of drug-likeness (QED) is 0.795. The summed E-state index contributed by atoms with van der Waals surface area (Å²) in [7, 11) is -3.13. The number of thioether (sulfide) groups is 1. The van der Waals surface area contributed by atoms with Gasteiger partial charge in [0, 0.05) is 18.2 Å². The maximum atomic E-state index is 14.1. The number of halogens is 2. The topological polar surface area (TPSA) is 77.7 Å². The van der Waals surface area contributed by atoms with Crippen molar-refractivity contribution in [2.24, 2.45) is 0 Å². The van der Waals surface area contributed by atoms with Crippen molar-refractivity contribution in [1.29, 1.82) is 0 Å². The summed E-state index contributed by atoms with van der Waals surface area (Å²) in [5, 5.41) is 4.36. The summed E-state index contributed by atoms with van der Waals surface area (Å²) in [4.78, 5) is 8.10. The second-order valence-electron chi connectivity index (χ2n) is 5.58. The van der Waals surface area contributed by atoms with Crippen molar-refractivity contribution in [1.82, 2.24) is 19.7 Å². The molecule has 0 aromatic carbocycles. The molecule has 6 nitrogen and oxygen atoms in total. The lowest BCUT2D eigenvalue weighted by atomic mass is 10.2. The molecule has 1 aliphatic heterocycles. The first-order valence-corrected chi connectivity index (χ1v) is 10.6. The van der Waals surface area contributed by atoms with Crippen LogP contribution in [0, 0.1) is 11.6 Å². The Morgan fingerprint density at radius 3 is 2.83 bits per heavy atom. The number of nitrogens with zero attached hydrogens (tertiary/aromatic N) is 4. The van der Waals surface area contributed by atoms with Gasteiger partial charge in [-0.1, -0.05) is 0 Å². The molecule has 130 valence electrons. The second kappa shape index (κ2) is 6.75. The van der Waals surface area contributed by atoms with Crippen LogP contribution >= 0.6 is 11.8 Å². The highest BCUT2D eigenvalue weighted by Crippen LogP contribution is 2.29. The minimum absolute atomic E-state index is 0.0614. The fourth-order valence-corrected chi connectivity index (χ4v) is 4.71. The molecule has 0 saturated carbocycles. The maximum Gasteiger partial charge on any atom is 0.180 e. The van der Waals surface area contributed by atoms with Gasteiger partial charge in [0.15, 0.2) is 27.3 Å². The largest absolute Gasteiger partial charge is 0.247 e. The van der Waals surface area contributed by atoms with Crippen LogP contribution in [0.1, 0.15) is 18.3 Å². The van der Waals surface area contributed by atoms with Gasteiger partial charge in [-0.2, -0.15) is 16.9 Å². The molecule has 24 heavy (non-hydrogen) atoms. The Hall–Kier alpha value is -1.55. The third-order valence-corrected chi connectivity index (χ3v) is 6.14. The second-order valence-corrected chi connectivity index (χ2v) is 8.79. The molecule has 10 heteroatoms. The van der Waals surface area contributed by atoms with E-state index in [-0.39, 0.29) is 23.0 Å². The van der Waals surface area contributed by atoms with Gasteiger partial charge in [0.05, 0.1) is 23.7 Å². The standard InChI is InChI=1S/C14H16F2N4O2S2/c1-23-4-2-12-18-14(13-11(16)6-9(15)7-17-13)20(19-12)10-3-5-24(21,22)8-10/h6-7,10H,2-5,8H2,1H3/t10-/m0/s1. The highest BCUT2D eigenvalue weighted by molar-refractivity contribution is 7.98. The Kier molecular flexibility index (Phi) is 4.86. The van der Waals surface area contributed by atoms with Crippen molar-refractivity contribution in [3.63, 3.8) is 0 Å². The van der Waals surface area contributed by atoms with E-state index in [1.54, 1.807) is 11.8 Å². The normalized spacial score (nSPS) is 19.7. The lowest BCUT2D eigenvalue weighted by molar-refractivity contribution is 0.496. The monoisotopic (exact) mass is 374 g/mol. The van der Waals surface area contributed by atoms with E-state index in [1.807, 2.05) is 6.26 Å². The van der Waals surface area contributed by atoms with Crippen LogP contribution in [0.3, 0.4) is 0 Å². The van der Waals surface area contributed by atoms with E-state index in [2.05, 4.69) is 15.1 Å². The lowest BCUT2D eigenvalue weighted by Gasteiger charge is -2.11. The van der Waals surface area contributed by atoms with Crippen molar-refractivity contribution < 1.29 is 17.2 Å². The number of hydrogen-bond donors (Lipinski definition) is 0. The molecular weight excluding hydrogens is 358 g/mol. The van der Waals surface area contributed by atoms with Crippen molar-refractivity contribution >= 4 is 21.6 Å². The number of aryl methyl sites for hydroxylation is 1. The molecule has 0 amide bonds. The number of rotatable bonds is 5. The van der Waals surface area contributed by atoms with E-state index >= 15 is 0 Å². The van der Waals surface area contributed by atoms with Crippen molar-refractivity contribution in [2.45, 2.75) is 18.9 Å². The average molecular weight is 374 g/mol. The summed E-state index contributed by atoms with van der Waals surface area (Å²) in [5.41, 5.74) is -0.122. The van der Waals surface area contributed by atoms with Crippen LogP contribution in [-0.2, 0) is 16.3 Å². The van der Waals surface area contributed by atoms with Crippen molar-refractivity contribution in [3.05, 3.63) is 29.7 Å². The molecule has 0 spiro atoms. The fraction of sp³-hybridized carbons (Fsp3) is 0.500. The van der Waals surface area contributed by atoms with Gasteiger partial charge < -0.3 is 0 Å². The highest BCUT2D eigenvalue weighted by atomic mass is 32.2. The zero-order valence-corrected chi connectivity index (χ0v) is 14.6. The number of pyridine rings is 1. The average Bonchev–Trinajstić information content (AvgIpc) is 3.08. The Labute approximate surface area is 142 Å². The third-order valence-electron chi connectivity index (χ3n) is 3.78. The van der Waals surface area contributed by atoms with Gasteiger partial charge in [-0.15, -0.1) is 0 Å². The Morgan fingerprint density at radius 2 is 2.21 bits per heavy atom. The zero-order chi connectivity index (χ0) is 17.3. The zero-order valence-electron chi connectivity index (χ0n) is 12.9. The third kappa shape index (κ3) is 3.59. The number of hydrogen-bond acceptors (Lipinski definition) is 6. The number of sulfone groups is 1. The maximum absolute atomic E-state index is 14.1. The minimum Gasteiger partial charge on any atom is -0.247 e. The molecule has 1 saturated heterocycles. The SMILES string of the molecule is CSCCc1nc(-c2ncc(F)cc2F)n([C@H]2CCS(=O)(=O)C2)n1. The molecule has 0 bridgehead atoms. The molecule has 0 radical (unpaired) electrons. The number of aromatic nitrogens is 4. The smallest absolute Gasteiger partial charge is 0.180 e. The minimum atomic E-state index is -3.13. The van der Waals surface area contributed by atoms with Crippen LogP contribution in [0.4, 0.5) is 8.78 Å². The van der Waals surface area contributed by atoms with E-state index in [4.69, 9.17) is 0 Å². The van der Waals surface area contributed by atoms with E-state index in [1.165, 1.54) is 4.68 Å². The summed E-state index contributed by atoms with van der Waals surface area (Å²) >= 11 is 1.62. The molecular formula is C14H16F2N4O2S2. The predicted octanol–water partition coefficient (Wildman–Crippen LogP) is 1.88. The first kappa shape index (κ1) is 17.3. The van der Waals surface area contributed by atoms with Crippen LogP contribution in [0.15, 0.2) is 12.3 Å². The molecule has 2 aromatic heterocycles. The molecule has 1 atom stereocenters. The Bertz CT molecular complexity index is 854. The first-order chi connectivity index (χ1) is 11.4. The van der Waals surface area contributed by atoms with Gasteiger partial charge in [-0.3, -0.25) is 0 Å². The van der Waals surface area contributed by atoms with Gasteiger partial charge in [-0.25, -0.2) is 31.8 Å². The molecule has 3 heterocycles. The van der Waals surface area contributed by atoms with Gasteiger partial charge in [0.25, 0.3) is 0 Å². The molecule has 1 fully saturated rings. The molecule has 3 rings (SSSR count). The summed E-state index contributed by atoms with van der Waals surface area (Å²) in [6.07, 6.45) is 3.82. The van der Waals surface area contributed by atoms with Gasteiger partial charge in [0.2, 0.25) is 0 Å². The van der Waals surface area contributed by atoms with Crippen LogP contribution < -0.4 is 0 Å². The lowest BCUT2D eigenvalue weighted by Crippen LogP contribution is -2.15. The Morgan fingerprint density at radius 1 is 1.42 bits per heavy atom. The van der Waals surface area contributed by atoms with Crippen LogP contribution in [-0.4, -0.2) is 51.7 Å². The predicted molar refractivity (Wildman–Crippen MR) is 87.6 cm³/mol. The highest BCUT2D eigenvalue weighted by Gasteiger charge is 2.33. The first-order valence-electron chi connectivity index (χ1n) is 7.36. The fourth-order valence-electron chi connectivity index (χ4n) is 2.63.